The average Bonchev–Trinajstić information content (AvgIpc) is 3.57. The molecule has 2 amide bonds. The van der Waals surface area contributed by atoms with Crippen LogP contribution < -0.4 is 5.32 Å². The Balaban J connectivity index is 1.38. The van der Waals surface area contributed by atoms with E-state index in [-0.39, 0.29) is 36.7 Å². The highest BCUT2D eigenvalue weighted by Crippen LogP contribution is 2.32. The second kappa shape index (κ2) is 10.5. The number of aromatic hydroxyl groups is 1. The highest BCUT2D eigenvalue weighted by molar-refractivity contribution is 6.07. The number of aromatic nitrogens is 1. The molecule has 38 heavy (non-hydrogen) atoms. The second-order valence-corrected chi connectivity index (χ2v) is 9.99. The molecule has 10 heteroatoms. The summed E-state index contributed by atoms with van der Waals surface area (Å²) in [6, 6.07) is 8.97. The third-order valence-corrected chi connectivity index (χ3v) is 7.16. The first-order valence-corrected chi connectivity index (χ1v) is 12.6. The fourth-order valence-corrected chi connectivity index (χ4v) is 4.87. The topological polar surface area (TPSA) is 101 Å². The van der Waals surface area contributed by atoms with Gasteiger partial charge >= 0.3 is 0 Å². The van der Waals surface area contributed by atoms with Gasteiger partial charge in [0.15, 0.2) is 12.0 Å². The maximum Gasteiger partial charge on any atom is 0.246 e. The van der Waals surface area contributed by atoms with Gasteiger partial charge < -0.3 is 24.6 Å². The number of phenolic OH excluding ortho intramolecular Hbond substituents is 1. The third kappa shape index (κ3) is 5.26. The maximum atomic E-state index is 15.6. The molecule has 2 fully saturated rings. The molecular weight excluding hydrogens is 496 g/mol. The molecule has 2 aliphatic rings. The van der Waals surface area contributed by atoms with E-state index >= 15 is 4.39 Å². The molecule has 1 aliphatic heterocycles. The number of hydrogen-bond donors (Lipinski definition) is 2. The number of alkyl halides is 1. The van der Waals surface area contributed by atoms with E-state index in [9.17, 15) is 23.9 Å². The van der Waals surface area contributed by atoms with Gasteiger partial charge in [0, 0.05) is 41.9 Å². The minimum absolute atomic E-state index is 0.0386. The zero-order valence-corrected chi connectivity index (χ0v) is 20.9. The number of ether oxygens (including phenoxy) is 1. The minimum Gasteiger partial charge on any atom is -0.508 e. The molecule has 1 aliphatic carbocycles. The first kappa shape index (κ1) is 25.8. The van der Waals surface area contributed by atoms with E-state index < -0.39 is 35.9 Å². The molecule has 0 radical (unpaired) electrons. The monoisotopic (exact) mass is 525 g/mol. The highest BCUT2D eigenvalue weighted by atomic mass is 19.1. The third-order valence-electron chi connectivity index (χ3n) is 7.16. The molecule has 8 nitrogen and oxygen atoms in total. The van der Waals surface area contributed by atoms with Crippen molar-refractivity contribution < 1.29 is 33.0 Å². The number of phenols is 1. The Hall–Kier alpha value is -3.79. The molecular formula is C28H29F2N3O5. The summed E-state index contributed by atoms with van der Waals surface area (Å²) >= 11 is 0. The van der Waals surface area contributed by atoms with Gasteiger partial charge in [0.2, 0.25) is 11.8 Å². The molecule has 1 aromatic heterocycles. The lowest BCUT2D eigenvalue weighted by Crippen LogP contribution is -2.50. The van der Waals surface area contributed by atoms with Crippen LogP contribution in [-0.4, -0.2) is 63.6 Å². The van der Waals surface area contributed by atoms with Gasteiger partial charge in [0.25, 0.3) is 0 Å². The predicted molar refractivity (Wildman–Crippen MR) is 135 cm³/mol. The fraction of sp³-hybridized carbons (Fsp3) is 0.393. The Morgan fingerprint density at radius 3 is 2.63 bits per heavy atom. The van der Waals surface area contributed by atoms with Gasteiger partial charge in [-0.2, -0.15) is 0 Å². The van der Waals surface area contributed by atoms with Gasteiger partial charge in [0.1, 0.15) is 30.3 Å². The van der Waals surface area contributed by atoms with Crippen LogP contribution in [0.1, 0.15) is 35.7 Å². The molecule has 1 saturated carbocycles. The van der Waals surface area contributed by atoms with Crippen molar-refractivity contribution >= 4 is 28.5 Å². The fourth-order valence-electron chi connectivity index (χ4n) is 4.87. The summed E-state index contributed by atoms with van der Waals surface area (Å²) in [5.74, 6) is -1.68. The number of hydrogen-bond acceptors (Lipinski definition) is 5. The zero-order valence-electron chi connectivity index (χ0n) is 20.9. The lowest BCUT2D eigenvalue weighted by Gasteiger charge is -2.25. The summed E-state index contributed by atoms with van der Waals surface area (Å²) in [7, 11) is 0. The summed E-state index contributed by atoms with van der Waals surface area (Å²) in [6.07, 6.45) is 0.788. The summed E-state index contributed by atoms with van der Waals surface area (Å²) in [5.41, 5.74) is 1.08. The molecule has 2 aromatic carbocycles. The Bertz CT molecular complexity index is 1390. The van der Waals surface area contributed by atoms with Crippen molar-refractivity contribution in [2.75, 3.05) is 13.2 Å². The number of fused-ring (bicyclic) bond motifs is 1. The van der Waals surface area contributed by atoms with E-state index in [4.69, 9.17) is 4.74 Å². The van der Waals surface area contributed by atoms with E-state index in [1.807, 2.05) is 0 Å². The van der Waals surface area contributed by atoms with Crippen LogP contribution in [0.4, 0.5) is 8.78 Å². The van der Waals surface area contributed by atoms with E-state index in [1.54, 1.807) is 12.1 Å². The largest absolute Gasteiger partial charge is 0.508 e. The van der Waals surface area contributed by atoms with E-state index in [0.29, 0.717) is 29.0 Å². The van der Waals surface area contributed by atoms with Gasteiger partial charge in [0.05, 0.1) is 12.1 Å². The summed E-state index contributed by atoms with van der Waals surface area (Å²) in [4.78, 5) is 40.0. The van der Waals surface area contributed by atoms with Crippen molar-refractivity contribution in [3.63, 3.8) is 0 Å². The molecule has 5 rings (SSSR count). The average molecular weight is 526 g/mol. The number of carbonyl (C=O) groups is 3. The lowest BCUT2D eigenvalue weighted by molar-refractivity contribution is -0.140. The van der Waals surface area contributed by atoms with Crippen molar-refractivity contribution in [3.8, 4) is 5.75 Å². The number of benzene rings is 2. The van der Waals surface area contributed by atoms with Crippen LogP contribution in [0.25, 0.3) is 10.9 Å². The van der Waals surface area contributed by atoms with E-state index in [1.165, 1.54) is 48.0 Å². The SMILES string of the molecule is CC(=O)c1cn(CC(=O)N2CC(OCC3CC3)C(F)[C@H]2C(=O)NCc2ccccc2F)c2cc(O)ccc12. The first-order valence-electron chi connectivity index (χ1n) is 12.6. The number of nitrogens with zero attached hydrogens (tertiary/aromatic N) is 2. The number of carbonyl (C=O) groups excluding carboxylic acids is 3. The van der Waals surface area contributed by atoms with Crippen LogP contribution in [0.15, 0.2) is 48.7 Å². The molecule has 200 valence electrons. The number of halogens is 2. The number of rotatable bonds is 9. The first-order chi connectivity index (χ1) is 18.2. The molecule has 0 bridgehead atoms. The normalized spacial score (nSPS) is 21.1. The van der Waals surface area contributed by atoms with Crippen LogP contribution in [0.5, 0.6) is 5.75 Å². The predicted octanol–water partition coefficient (Wildman–Crippen LogP) is 3.35. The van der Waals surface area contributed by atoms with Crippen molar-refractivity contribution in [1.82, 2.24) is 14.8 Å². The Morgan fingerprint density at radius 2 is 1.92 bits per heavy atom. The summed E-state index contributed by atoms with van der Waals surface area (Å²) in [5, 5.41) is 13.1. The Morgan fingerprint density at radius 1 is 1.16 bits per heavy atom. The molecule has 2 N–H and O–H groups in total. The second-order valence-electron chi connectivity index (χ2n) is 9.99. The molecule has 2 heterocycles. The van der Waals surface area contributed by atoms with Crippen molar-refractivity contribution in [1.29, 1.82) is 0 Å². The molecule has 0 spiro atoms. The quantitative estimate of drug-likeness (QED) is 0.418. The van der Waals surface area contributed by atoms with E-state index in [2.05, 4.69) is 5.32 Å². The number of nitrogens with one attached hydrogen (secondary N) is 1. The molecule has 2 unspecified atom stereocenters. The van der Waals surface area contributed by atoms with Crippen LogP contribution in [-0.2, 0) is 27.4 Å². The smallest absolute Gasteiger partial charge is 0.246 e. The van der Waals surface area contributed by atoms with Gasteiger partial charge in [-0.05, 0) is 43.9 Å². The summed E-state index contributed by atoms with van der Waals surface area (Å²) < 4.78 is 36.9. The van der Waals surface area contributed by atoms with Crippen molar-refractivity contribution in [3.05, 3.63) is 65.6 Å². The van der Waals surface area contributed by atoms with Gasteiger partial charge in [-0.25, -0.2) is 8.78 Å². The summed E-state index contributed by atoms with van der Waals surface area (Å²) in [6.45, 7) is 1.20. The van der Waals surface area contributed by atoms with Crippen LogP contribution in [0.2, 0.25) is 0 Å². The number of ketones is 1. The standard InChI is InChI=1S/C28H29F2N3O5/c1-16(34)21-12-32(23-10-19(35)8-9-20(21)23)14-25(36)33-13-24(38-15-17-6-7-17)26(30)27(33)28(37)31-11-18-4-2-3-5-22(18)29/h2-5,8-10,12,17,24,26-27,35H,6-7,11,13-15H2,1H3,(H,31,37)/t24?,26?,27-/m0/s1. The van der Waals surface area contributed by atoms with Gasteiger partial charge in [-0.1, -0.05) is 18.2 Å². The number of likely N-dealkylation sites (tertiary alicyclic amines) is 1. The number of Topliss-reactive ketones (excluding diaryl/α,β-unsaturated/α-hetero) is 1. The van der Waals surface area contributed by atoms with Crippen molar-refractivity contribution in [2.24, 2.45) is 5.92 Å². The molecule has 1 saturated heterocycles. The maximum absolute atomic E-state index is 15.6. The highest BCUT2D eigenvalue weighted by Gasteiger charge is 2.49. The van der Waals surface area contributed by atoms with Gasteiger partial charge in [-0.3, -0.25) is 14.4 Å². The molecule has 3 atom stereocenters. The Labute approximate surface area is 218 Å². The van der Waals surface area contributed by atoms with E-state index in [0.717, 1.165) is 17.7 Å². The Kier molecular flexibility index (Phi) is 7.16. The van der Waals surface area contributed by atoms with Crippen LogP contribution in [0.3, 0.4) is 0 Å². The van der Waals surface area contributed by atoms with Crippen LogP contribution in [0, 0.1) is 11.7 Å². The minimum atomic E-state index is -1.77. The van der Waals surface area contributed by atoms with Crippen molar-refractivity contribution in [2.45, 2.75) is 51.2 Å². The van der Waals surface area contributed by atoms with Crippen LogP contribution >= 0.6 is 0 Å². The lowest BCUT2D eigenvalue weighted by atomic mass is 10.1. The number of amides is 2. The zero-order chi connectivity index (χ0) is 27.0. The van der Waals surface area contributed by atoms with Gasteiger partial charge in [-0.15, -0.1) is 0 Å². The molecule has 3 aromatic rings.